The van der Waals surface area contributed by atoms with Gasteiger partial charge in [0.1, 0.15) is 12.3 Å². The molecule has 0 bridgehead atoms. The fourth-order valence-electron chi connectivity index (χ4n) is 2.24. The van der Waals surface area contributed by atoms with Crippen LogP contribution in [0.15, 0.2) is 53.8 Å². The number of amides is 1. The number of carbonyl (C=O) groups is 1. The van der Waals surface area contributed by atoms with Crippen molar-refractivity contribution in [3.8, 4) is 5.75 Å². The number of hydrogen-bond donors (Lipinski definition) is 0. The van der Waals surface area contributed by atoms with E-state index < -0.39 is 0 Å². The van der Waals surface area contributed by atoms with Crippen molar-refractivity contribution in [2.45, 2.75) is 19.9 Å². The Balaban J connectivity index is 2.18. The third kappa shape index (κ3) is 3.97. The minimum Gasteiger partial charge on any atom is -0.497 e. The van der Waals surface area contributed by atoms with Crippen LogP contribution in [0.2, 0.25) is 0 Å². The van der Waals surface area contributed by atoms with Gasteiger partial charge in [0, 0.05) is 30.2 Å². The van der Waals surface area contributed by atoms with Crippen molar-refractivity contribution in [1.82, 2.24) is 4.90 Å². The maximum Gasteiger partial charge on any atom is 0.247 e. The lowest BCUT2D eigenvalue weighted by Crippen LogP contribution is -2.42. The SMILES string of the molecule is COc1cccc(N(C(=O)CN2C=CC=CN=C2)C(C)C)c1. The summed E-state index contributed by atoms with van der Waals surface area (Å²) in [4.78, 5) is 20.3. The lowest BCUT2D eigenvalue weighted by atomic mass is 10.2. The Bertz CT molecular complexity index is 590. The molecule has 0 spiro atoms. The van der Waals surface area contributed by atoms with Crippen LogP contribution >= 0.6 is 0 Å². The Hall–Kier alpha value is -2.56. The monoisotopic (exact) mass is 299 g/mol. The number of aliphatic imine (C=N–C) groups is 1. The highest BCUT2D eigenvalue weighted by Gasteiger charge is 2.20. The van der Waals surface area contributed by atoms with E-state index in [2.05, 4.69) is 4.99 Å². The van der Waals surface area contributed by atoms with Crippen molar-refractivity contribution in [1.29, 1.82) is 0 Å². The van der Waals surface area contributed by atoms with E-state index >= 15 is 0 Å². The molecule has 116 valence electrons. The smallest absolute Gasteiger partial charge is 0.247 e. The van der Waals surface area contributed by atoms with Crippen molar-refractivity contribution in [3.05, 3.63) is 48.8 Å². The van der Waals surface area contributed by atoms with Crippen molar-refractivity contribution >= 4 is 17.9 Å². The highest BCUT2D eigenvalue weighted by molar-refractivity contribution is 5.96. The zero-order valence-corrected chi connectivity index (χ0v) is 13.1. The van der Waals surface area contributed by atoms with Crippen LogP contribution in [0.1, 0.15) is 13.8 Å². The maximum absolute atomic E-state index is 12.7. The first-order valence-corrected chi connectivity index (χ1v) is 7.20. The molecule has 1 aliphatic rings. The van der Waals surface area contributed by atoms with E-state index in [0.717, 1.165) is 11.4 Å². The third-order valence-corrected chi connectivity index (χ3v) is 3.21. The topological polar surface area (TPSA) is 45.1 Å². The number of anilines is 1. The van der Waals surface area contributed by atoms with Crippen LogP contribution in [-0.2, 0) is 4.79 Å². The number of hydrogen-bond acceptors (Lipinski definition) is 4. The first-order valence-electron chi connectivity index (χ1n) is 7.20. The minimum atomic E-state index is 0.00116. The Morgan fingerprint density at radius 3 is 2.91 bits per heavy atom. The number of rotatable bonds is 5. The zero-order chi connectivity index (χ0) is 15.9. The molecule has 0 fully saturated rings. The molecule has 2 rings (SSSR count). The van der Waals surface area contributed by atoms with Gasteiger partial charge in [-0.25, -0.2) is 4.99 Å². The molecule has 1 amide bonds. The van der Waals surface area contributed by atoms with E-state index in [4.69, 9.17) is 4.74 Å². The number of carbonyl (C=O) groups excluding carboxylic acids is 1. The summed E-state index contributed by atoms with van der Waals surface area (Å²) in [6.07, 6.45) is 8.83. The lowest BCUT2D eigenvalue weighted by molar-refractivity contribution is -0.118. The highest BCUT2D eigenvalue weighted by atomic mass is 16.5. The zero-order valence-electron chi connectivity index (χ0n) is 13.1. The van der Waals surface area contributed by atoms with Crippen molar-refractivity contribution in [2.75, 3.05) is 18.6 Å². The first-order chi connectivity index (χ1) is 10.6. The van der Waals surface area contributed by atoms with Gasteiger partial charge in [0.05, 0.1) is 13.4 Å². The van der Waals surface area contributed by atoms with Crippen molar-refractivity contribution in [3.63, 3.8) is 0 Å². The van der Waals surface area contributed by atoms with Crippen LogP contribution in [0.25, 0.3) is 0 Å². The van der Waals surface area contributed by atoms with Gasteiger partial charge in [-0.05, 0) is 38.1 Å². The third-order valence-electron chi connectivity index (χ3n) is 3.21. The summed E-state index contributed by atoms with van der Waals surface area (Å²) in [6.45, 7) is 4.22. The number of methoxy groups -OCH3 is 1. The summed E-state index contributed by atoms with van der Waals surface area (Å²) in [5, 5.41) is 0. The van der Waals surface area contributed by atoms with Gasteiger partial charge in [0.15, 0.2) is 0 Å². The van der Waals surface area contributed by atoms with Crippen LogP contribution in [0, 0.1) is 0 Å². The van der Waals surface area contributed by atoms with E-state index in [-0.39, 0.29) is 18.5 Å². The molecule has 1 aromatic carbocycles. The van der Waals surface area contributed by atoms with Crippen molar-refractivity contribution in [2.24, 2.45) is 4.99 Å². The lowest BCUT2D eigenvalue weighted by Gasteiger charge is -2.28. The fraction of sp³-hybridized carbons (Fsp3) is 0.294. The average Bonchev–Trinajstić information content (AvgIpc) is 2.76. The predicted molar refractivity (Wildman–Crippen MR) is 89.1 cm³/mol. The van der Waals surface area contributed by atoms with Crippen molar-refractivity contribution < 1.29 is 9.53 Å². The van der Waals surface area contributed by atoms with Gasteiger partial charge in [0.25, 0.3) is 0 Å². The number of benzene rings is 1. The van der Waals surface area contributed by atoms with E-state index in [9.17, 15) is 4.79 Å². The molecular weight excluding hydrogens is 278 g/mol. The summed E-state index contributed by atoms with van der Waals surface area (Å²) in [5.74, 6) is 0.734. The molecule has 0 saturated heterocycles. The fourth-order valence-corrected chi connectivity index (χ4v) is 2.24. The Morgan fingerprint density at radius 2 is 2.18 bits per heavy atom. The Kier molecular flexibility index (Phi) is 5.36. The van der Waals surface area contributed by atoms with Crippen LogP contribution < -0.4 is 9.64 Å². The average molecular weight is 299 g/mol. The van der Waals surface area contributed by atoms with Gasteiger partial charge in [-0.3, -0.25) is 4.79 Å². The van der Waals surface area contributed by atoms with Crippen LogP contribution in [0.4, 0.5) is 5.69 Å². The second kappa shape index (κ2) is 7.45. The van der Waals surface area contributed by atoms with E-state index in [1.807, 2.05) is 56.5 Å². The summed E-state index contributed by atoms with van der Waals surface area (Å²) < 4.78 is 5.24. The highest BCUT2D eigenvalue weighted by Crippen LogP contribution is 2.23. The number of ether oxygens (including phenoxy) is 1. The van der Waals surface area contributed by atoms with E-state index in [0.29, 0.717) is 0 Å². The molecule has 0 radical (unpaired) electrons. The molecule has 5 heteroatoms. The Labute approximate surface area is 131 Å². The largest absolute Gasteiger partial charge is 0.497 e. The molecule has 0 aromatic heterocycles. The summed E-state index contributed by atoms with van der Waals surface area (Å²) in [5.41, 5.74) is 0.827. The predicted octanol–water partition coefficient (Wildman–Crippen LogP) is 2.81. The molecular formula is C17H21N3O2. The standard InChI is InChI=1S/C17H21N3O2/c1-14(2)20(15-7-6-8-16(11-15)22-3)17(21)12-19-10-5-4-9-18-13-19/h4-11,13-14H,12H2,1-3H3. The van der Waals surface area contributed by atoms with E-state index in [1.54, 1.807) is 29.4 Å². The molecule has 1 heterocycles. The second-order valence-electron chi connectivity index (χ2n) is 5.18. The Morgan fingerprint density at radius 1 is 1.36 bits per heavy atom. The normalized spacial score (nSPS) is 13.4. The quantitative estimate of drug-likeness (QED) is 0.840. The van der Waals surface area contributed by atoms with Gasteiger partial charge in [-0.15, -0.1) is 0 Å². The summed E-state index contributed by atoms with van der Waals surface area (Å²) in [7, 11) is 1.62. The minimum absolute atomic E-state index is 0.00116. The molecule has 1 aliphatic heterocycles. The number of nitrogens with zero attached hydrogens (tertiary/aromatic N) is 3. The summed E-state index contributed by atoms with van der Waals surface area (Å²) >= 11 is 0. The van der Waals surface area contributed by atoms with Crippen LogP contribution in [-0.4, -0.2) is 36.8 Å². The van der Waals surface area contributed by atoms with Crippen LogP contribution in [0.3, 0.4) is 0 Å². The molecule has 0 aliphatic carbocycles. The van der Waals surface area contributed by atoms with Gasteiger partial charge >= 0.3 is 0 Å². The van der Waals surface area contributed by atoms with E-state index in [1.165, 1.54) is 0 Å². The molecule has 0 N–H and O–H groups in total. The molecule has 0 saturated carbocycles. The van der Waals surface area contributed by atoms with Crippen LogP contribution in [0.5, 0.6) is 5.75 Å². The molecule has 1 aromatic rings. The number of allylic oxidation sites excluding steroid dienone is 2. The second-order valence-corrected chi connectivity index (χ2v) is 5.18. The van der Waals surface area contributed by atoms with Gasteiger partial charge in [0.2, 0.25) is 5.91 Å². The van der Waals surface area contributed by atoms with Gasteiger partial charge in [-0.1, -0.05) is 6.07 Å². The molecule has 0 atom stereocenters. The maximum atomic E-state index is 12.7. The molecule has 22 heavy (non-hydrogen) atoms. The summed E-state index contributed by atoms with van der Waals surface area (Å²) in [6, 6.07) is 7.57. The molecule has 5 nitrogen and oxygen atoms in total. The first kappa shape index (κ1) is 15.8. The van der Waals surface area contributed by atoms with Gasteiger partial charge < -0.3 is 14.5 Å². The van der Waals surface area contributed by atoms with Gasteiger partial charge in [-0.2, -0.15) is 0 Å². The molecule has 0 unspecified atom stereocenters.